The van der Waals surface area contributed by atoms with Gasteiger partial charge in [0.25, 0.3) is 0 Å². The Hall–Kier alpha value is -0.330. The van der Waals surface area contributed by atoms with Crippen molar-refractivity contribution in [1.82, 2.24) is 0 Å². The van der Waals surface area contributed by atoms with Gasteiger partial charge in [0, 0.05) is 11.8 Å². The molecule has 4 fully saturated rings. The zero-order valence-electron chi connectivity index (χ0n) is 11.1. The molecule has 4 aliphatic carbocycles. The highest BCUT2D eigenvalue weighted by Gasteiger charge is 2.68. The van der Waals surface area contributed by atoms with Crippen LogP contribution in [0.15, 0.2) is 0 Å². The summed E-state index contributed by atoms with van der Waals surface area (Å²) in [6, 6.07) is 0. The van der Waals surface area contributed by atoms with Crippen molar-refractivity contribution in [2.45, 2.75) is 59.8 Å². The van der Waals surface area contributed by atoms with E-state index >= 15 is 0 Å². The SMILES string of the molecule is C[C@@H]1CC[C@H]2C(C)(C)[C@@]3(C)CC[C@@]12CC3=O. The van der Waals surface area contributed by atoms with E-state index in [9.17, 15) is 4.79 Å². The molecule has 0 radical (unpaired) electrons. The maximum absolute atomic E-state index is 12.5. The first-order valence-corrected chi connectivity index (χ1v) is 6.88. The number of Topliss-reactive ketones (excluding diaryl/α,β-unsaturated/α-hetero) is 1. The number of hydrogen-bond acceptors (Lipinski definition) is 1. The fraction of sp³-hybridized carbons (Fsp3) is 0.933. The summed E-state index contributed by atoms with van der Waals surface area (Å²) in [6.07, 6.45) is 6.04. The summed E-state index contributed by atoms with van der Waals surface area (Å²) in [5.41, 5.74) is 0.590. The van der Waals surface area contributed by atoms with Crippen molar-refractivity contribution in [2.75, 3.05) is 0 Å². The standard InChI is InChI=1S/C15H24O/c1-10-5-6-11-13(2,3)14(4)7-8-15(10,11)9-12(14)16/h10-11H,5-9H2,1-4H3/t10-,11+,14+,15-/m1/s1. The van der Waals surface area contributed by atoms with Gasteiger partial charge in [-0.25, -0.2) is 0 Å². The lowest BCUT2D eigenvalue weighted by Gasteiger charge is -2.64. The number of rotatable bonds is 0. The third-order valence-corrected chi connectivity index (χ3v) is 7.05. The Morgan fingerprint density at radius 2 is 1.81 bits per heavy atom. The lowest BCUT2D eigenvalue weighted by atomic mass is 9.39. The van der Waals surface area contributed by atoms with Crippen LogP contribution in [0.4, 0.5) is 0 Å². The molecule has 0 N–H and O–H groups in total. The topological polar surface area (TPSA) is 17.1 Å². The van der Waals surface area contributed by atoms with Crippen LogP contribution in [0, 0.1) is 28.1 Å². The van der Waals surface area contributed by atoms with Crippen LogP contribution >= 0.6 is 0 Å². The number of carbonyl (C=O) groups is 1. The van der Waals surface area contributed by atoms with Crippen molar-refractivity contribution in [3.63, 3.8) is 0 Å². The van der Waals surface area contributed by atoms with E-state index in [0.717, 1.165) is 24.7 Å². The molecule has 1 nitrogen and oxygen atoms in total. The van der Waals surface area contributed by atoms with Gasteiger partial charge in [-0.3, -0.25) is 4.79 Å². The van der Waals surface area contributed by atoms with Crippen molar-refractivity contribution >= 4 is 5.78 Å². The van der Waals surface area contributed by atoms with Crippen molar-refractivity contribution < 1.29 is 4.79 Å². The summed E-state index contributed by atoms with van der Waals surface area (Å²) in [6.45, 7) is 9.35. The average Bonchev–Trinajstić information content (AvgIpc) is 2.51. The van der Waals surface area contributed by atoms with E-state index < -0.39 is 0 Å². The zero-order chi connectivity index (χ0) is 11.8. The van der Waals surface area contributed by atoms with Gasteiger partial charge in [-0.15, -0.1) is 0 Å². The van der Waals surface area contributed by atoms with Crippen LogP contribution in [-0.4, -0.2) is 5.78 Å². The minimum absolute atomic E-state index is 0.0243. The minimum atomic E-state index is -0.0243. The molecule has 4 atom stereocenters. The van der Waals surface area contributed by atoms with Crippen LogP contribution < -0.4 is 0 Å². The highest BCUT2D eigenvalue weighted by Crippen LogP contribution is 2.72. The minimum Gasteiger partial charge on any atom is -0.299 e. The molecule has 0 aromatic carbocycles. The van der Waals surface area contributed by atoms with Crippen LogP contribution in [0.5, 0.6) is 0 Å². The number of hydrogen-bond donors (Lipinski definition) is 0. The third-order valence-electron chi connectivity index (χ3n) is 7.05. The first-order chi connectivity index (χ1) is 7.34. The molecule has 4 aliphatic rings. The van der Waals surface area contributed by atoms with E-state index in [4.69, 9.17) is 0 Å². The fourth-order valence-electron chi connectivity index (χ4n) is 5.40. The number of fused-ring (bicyclic) bond motifs is 2. The zero-order valence-corrected chi connectivity index (χ0v) is 11.1. The first kappa shape index (κ1) is 10.8. The van der Waals surface area contributed by atoms with Crippen LogP contribution in [-0.2, 0) is 4.79 Å². The van der Waals surface area contributed by atoms with Gasteiger partial charge in [0.15, 0.2) is 0 Å². The van der Waals surface area contributed by atoms with E-state index in [0.29, 0.717) is 11.2 Å². The van der Waals surface area contributed by atoms with Gasteiger partial charge in [0.05, 0.1) is 0 Å². The van der Waals surface area contributed by atoms with Gasteiger partial charge in [-0.2, -0.15) is 0 Å². The number of ketones is 1. The van der Waals surface area contributed by atoms with Crippen LogP contribution in [0.2, 0.25) is 0 Å². The second-order valence-electron chi connectivity index (χ2n) is 7.42. The highest BCUT2D eigenvalue weighted by atomic mass is 16.1. The van der Waals surface area contributed by atoms with Gasteiger partial charge in [-0.05, 0) is 48.3 Å². The Bertz CT molecular complexity index is 356. The summed E-state index contributed by atoms with van der Waals surface area (Å²) in [7, 11) is 0. The molecule has 0 unspecified atom stereocenters. The van der Waals surface area contributed by atoms with E-state index in [-0.39, 0.29) is 10.8 Å². The van der Waals surface area contributed by atoms with Crippen molar-refractivity contribution in [1.29, 1.82) is 0 Å². The Morgan fingerprint density at radius 3 is 2.44 bits per heavy atom. The van der Waals surface area contributed by atoms with Crippen LogP contribution in [0.25, 0.3) is 0 Å². The van der Waals surface area contributed by atoms with Gasteiger partial charge in [0.2, 0.25) is 0 Å². The number of carbonyl (C=O) groups excluding carboxylic acids is 1. The maximum Gasteiger partial charge on any atom is 0.139 e. The lowest BCUT2D eigenvalue weighted by Crippen LogP contribution is -2.62. The fourth-order valence-corrected chi connectivity index (χ4v) is 5.40. The Balaban J connectivity index is 2.15. The molecule has 0 saturated heterocycles. The van der Waals surface area contributed by atoms with Crippen molar-refractivity contribution in [3.8, 4) is 0 Å². The van der Waals surface area contributed by atoms with Crippen molar-refractivity contribution in [3.05, 3.63) is 0 Å². The Morgan fingerprint density at radius 1 is 1.12 bits per heavy atom. The van der Waals surface area contributed by atoms with E-state index in [1.54, 1.807) is 0 Å². The van der Waals surface area contributed by atoms with Crippen LogP contribution in [0.1, 0.15) is 59.8 Å². The molecule has 1 heteroatoms. The predicted octanol–water partition coefficient (Wildman–Crippen LogP) is 3.82. The summed E-state index contributed by atoms with van der Waals surface area (Å²) < 4.78 is 0. The molecule has 0 aromatic heterocycles. The van der Waals surface area contributed by atoms with Gasteiger partial charge < -0.3 is 0 Å². The molecular weight excluding hydrogens is 196 g/mol. The Labute approximate surface area is 99.0 Å². The summed E-state index contributed by atoms with van der Waals surface area (Å²) in [4.78, 5) is 12.5. The second kappa shape index (κ2) is 2.73. The molecule has 4 saturated carbocycles. The lowest BCUT2D eigenvalue weighted by molar-refractivity contribution is -0.179. The maximum atomic E-state index is 12.5. The molecular formula is C15H24O. The molecule has 0 amide bonds. The molecule has 2 bridgehead atoms. The Kier molecular flexibility index (Phi) is 1.85. The molecule has 0 aliphatic heterocycles. The van der Waals surface area contributed by atoms with Gasteiger partial charge in [0.1, 0.15) is 5.78 Å². The quantitative estimate of drug-likeness (QED) is 0.606. The molecule has 16 heavy (non-hydrogen) atoms. The largest absolute Gasteiger partial charge is 0.299 e. The molecule has 90 valence electrons. The smallest absolute Gasteiger partial charge is 0.139 e. The molecule has 0 aromatic rings. The molecule has 1 spiro atoms. The van der Waals surface area contributed by atoms with Gasteiger partial charge in [-0.1, -0.05) is 27.7 Å². The predicted molar refractivity (Wildman–Crippen MR) is 65.1 cm³/mol. The van der Waals surface area contributed by atoms with Crippen LogP contribution in [0.3, 0.4) is 0 Å². The van der Waals surface area contributed by atoms with E-state index in [2.05, 4.69) is 27.7 Å². The summed E-state index contributed by atoms with van der Waals surface area (Å²) in [5.74, 6) is 2.13. The van der Waals surface area contributed by atoms with Crippen molar-refractivity contribution in [2.24, 2.45) is 28.1 Å². The van der Waals surface area contributed by atoms with E-state index in [1.165, 1.54) is 19.3 Å². The third kappa shape index (κ3) is 0.889. The highest BCUT2D eigenvalue weighted by molar-refractivity contribution is 5.88. The molecule has 4 rings (SSSR count). The first-order valence-electron chi connectivity index (χ1n) is 6.88. The monoisotopic (exact) mass is 220 g/mol. The average molecular weight is 220 g/mol. The van der Waals surface area contributed by atoms with Gasteiger partial charge >= 0.3 is 0 Å². The molecule has 0 heterocycles. The summed E-state index contributed by atoms with van der Waals surface area (Å²) in [5, 5.41) is 0. The normalized spacial score (nSPS) is 54.1. The summed E-state index contributed by atoms with van der Waals surface area (Å²) >= 11 is 0. The second-order valence-corrected chi connectivity index (χ2v) is 7.42. The van der Waals surface area contributed by atoms with E-state index in [1.807, 2.05) is 0 Å².